The number of rotatable bonds is 5. The summed E-state index contributed by atoms with van der Waals surface area (Å²) in [6.45, 7) is 8.40. The van der Waals surface area contributed by atoms with E-state index in [0.29, 0.717) is 10.7 Å². The van der Waals surface area contributed by atoms with Crippen molar-refractivity contribution in [1.82, 2.24) is 14.6 Å². The molecule has 2 heterocycles. The van der Waals surface area contributed by atoms with E-state index in [1.54, 1.807) is 12.1 Å². The molecule has 0 saturated heterocycles. The highest BCUT2D eigenvalue weighted by molar-refractivity contribution is 7.99. The van der Waals surface area contributed by atoms with Crippen LogP contribution in [0.15, 0.2) is 65.7 Å². The quantitative estimate of drug-likeness (QED) is 0.274. The maximum atomic E-state index is 12.6. The average molecular weight is 465 g/mol. The molecule has 1 N–H and O–H groups in total. The summed E-state index contributed by atoms with van der Waals surface area (Å²) in [4.78, 5) is 17.6. The lowest BCUT2D eigenvalue weighted by Crippen LogP contribution is -2.17. The fourth-order valence-corrected chi connectivity index (χ4v) is 4.42. The van der Waals surface area contributed by atoms with E-state index in [9.17, 15) is 4.79 Å². The minimum atomic E-state index is -0.147. The van der Waals surface area contributed by atoms with Crippen molar-refractivity contribution >= 4 is 40.6 Å². The molecule has 7 heteroatoms. The van der Waals surface area contributed by atoms with Crippen molar-refractivity contribution in [3.63, 3.8) is 0 Å². The zero-order valence-electron chi connectivity index (χ0n) is 18.5. The molecule has 4 aromatic rings. The van der Waals surface area contributed by atoms with Gasteiger partial charge in [0.05, 0.1) is 17.1 Å². The zero-order chi connectivity index (χ0) is 22.9. The first kappa shape index (κ1) is 22.4. The summed E-state index contributed by atoms with van der Waals surface area (Å²) in [5.41, 5.74) is 5.29. The Hall–Kier alpha value is -2.83. The van der Waals surface area contributed by atoms with Crippen LogP contribution in [0.4, 0.5) is 5.69 Å². The van der Waals surface area contributed by atoms with E-state index in [-0.39, 0.29) is 17.1 Å². The van der Waals surface area contributed by atoms with Gasteiger partial charge in [0.25, 0.3) is 0 Å². The van der Waals surface area contributed by atoms with Gasteiger partial charge in [0.15, 0.2) is 5.65 Å². The van der Waals surface area contributed by atoms with Gasteiger partial charge in [-0.3, -0.25) is 4.79 Å². The first-order chi connectivity index (χ1) is 15.2. The predicted octanol–water partition coefficient (Wildman–Crippen LogP) is 6.39. The monoisotopic (exact) mass is 464 g/mol. The Balaban J connectivity index is 1.69. The van der Waals surface area contributed by atoms with Crippen molar-refractivity contribution in [1.29, 1.82) is 0 Å². The van der Waals surface area contributed by atoms with Gasteiger partial charge in [-0.2, -0.15) is 5.10 Å². The average Bonchev–Trinajstić information content (AvgIpc) is 3.08. The molecule has 0 aliphatic carbocycles. The van der Waals surface area contributed by atoms with Gasteiger partial charge in [0.1, 0.15) is 5.03 Å². The number of anilines is 1. The third kappa shape index (κ3) is 4.81. The maximum absolute atomic E-state index is 12.6. The third-order valence-corrected chi connectivity index (χ3v) is 6.25. The van der Waals surface area contributed by atoms with Crippen molar-refractivity contribution in [3.05, 3.63) is 77.1 Å². The molecule has 0 spiro atoms. The molecule has 5 nitrogen and oxygen atoms in total. The summed E-state index contributed by atoms with van der Waals surface area (Å²) in [5.74, 6) is 0.140. The molecule has 0 atom stereocenters. The Labute approximate surface area is 197 Å². The number of nitrogens with one attached hydrogen (secondary N) is 1. The molecular formula is C25H25ClN4OS. The van der Waals surface area contributed by atoms with Crippen LogP contribution in [-0.4, -0.2) is 26.3 Å². The van der Waals surface area contributed by atoms with E-state index in [0.717, 1.165) is 33.2 Å². The largest absolute Gasteiger partial charge is 0.325 e. The van der Waals surface area contributed by atoms with Crippen molar-refractivity contribution in [2.75, 3.05) is 11.1 Å². The van der Waals surface area contributed by atoms with E-state index in [1.165, 1.54) is 11.8 Å². The lowest BCUT2D eigenvalue weighted by molar-refractivity contribution is -0.113. The molecule has 0 unspecified atom stereocenters. The molecule has 0 radical (unpaired) electrons. The first-order valence-electron chi connectivity index (χ1n) is 10.4. The molecule has 2 aromatic heterocycles. The van der Waals surface area contributed by atoms with Gasteiger partial charge >= 0.3 is 0 Å². The van der Waals surface area contributed by atoms with Crippen molar-refractivity contribution in [3.8, 4) is 11.1 Å². The Kier molecular flexibility index (Phi) is 6.26. The lowest BCUT2D eigenvalue weighted by Gasteiger charge is -2.19. The molecule has 0 fully saturated rings. The van der Waals surface area contributed by atoms with E-state index >= 15 is 0 Å². The Morgan fingerprint density at radius 1 is 1.09 bits per heavy atom. The van der Waals surface area contributed by atoms with Gasteiger partial charge in [-0.05, 0) is 36.8 Å². The first-order valence-corrected chi connectivity index (χ1v) is 11.7. The summed E-state index contributed by atoms with van der Waals surface area (Å²) in [5, 5.41) is 9.13. The van der Waals surface area contributed by atoms with Gasteiger partial charge in [0, 0.05) is 21.7 Å². The van der Waals surface area contributed by atoms with E-state index in [1.807, 2.05) is 47.8 Å². The number of carbonyl (C=O) groups excluding carboxylic acids is 1. The van der Waals surface area contributed by atoms with Crippen LogP contribution in [0.1, 0.15) is 32.2 Å². The van der Waals surface area contributed by atoms with Gasteiger partial charge in [-0.15, -0.1) is 0 Å². The predicted molar refractivity (Wildman–Crippen MR) is 133 cm³/mol. The fraction of sp³-hybridized carbons (Fsp3) is 0.240. The summed E-state index contributed by atoms with van der Waals surface area (Å²) in [7, 11) is 0. The van der Waals surface area contributed by atoms with Crippen molar-refractivity contribution in [2.45, 2.75) is 38.1 Å². The second-order valence-electron chi connectivity index (χ2n) is 8.64. The molecule has 32 heavy (non-hydrogen) atoms. The summed E-state index contributed by atoms with van der Waals surface area (Å²) < 4.78 is 1.85. The minimum absolute atomic E-state index is 0.105. The van der Waals surface area contributed by atoms with Crippen LogP contribution in [0.5, 0.6) is 0 Å². The number of aryl methyl sites for hydroxylation is 1. The van der Waals surface area contributed by atoms with Crippen LogP contribution in [0, 0.1) is 6.92 Å². The van der Waals surface area contributed by atoms with Gasteiger partial charge < -0.3 is 5.32 Å². The van der Waals surface area contributed by atoms with Crippen LogP contribution in [-0.2, 0) is 10.2 Å². The molecule has 2 aromatic carbocycles. The van der Waals surface area contributed by atoms with Crippen LogP contribution < -0.4 is 5.32 Å². The second kappa shape index (κ2) is 8.96. The number of aromatic nitrogens is 3. The number of hydrogen-bond acceptors (Lipinski definition) is 4. The molecule has 1 amide bonds. The molecule has 0 aliphatic heterocycles. The van der Waals surface area contributed by atoms with Crippen LogP contribution >= 0.6 is 23.4 Å². The number of hydrogen-bond donors (Lipinski definition) is 1. The van der Waals surface area contributed by atoms with Gasteiger partial charge in [-0.25, -0.2) is 9.50 Å². The van der Waals surface area contributed by atoms with Crippen molar-refractivity contribution in [2.24, 2.45) is 0 Å². The molecular weight excluding hydrogens is 440 g/mol. The number of thioether (sulfide) groups is 1. The Bertz CT molecular complexity index is 1280. The smallest absolute Gasteiger partial charge is 0.234 e. The summed E-state index contributed by atoms with van der Waals surface area (Å²) in [6, 6.07) is 19.3. The minimum Gasteiger partial charge on any atom is -0.325 e. The highest BCUT2D eigenvalue weighted by Crippen LogP contribution is 2.33. The van der Waals surface area contributed by atoms with Crippen LogP contribution in [0.2, 0.25) is 5.02 Å². The highest BCUT2D eigenvalue weighted by Gasteiger charge is 2.22. The molecule has 4 rings (SSSR count). The normalized spacial score (nSPS) is 11.7. The SMILES string of the molecule is Cc1nn2c(SCC(=O)Nc3cccc(Cl)c3)cc(C(C)(C)C)nc2c1-c1ccccc1. The lowest BCUT2D eigenvalue weighted by atomic mass is 9.92. The molecule has 164 valence electrons. The van der Waals surface area contributed by atoms with Crippen LogP contribution in [0.3, 0.4) is 0 Å². The zero-order valence-corrected chi connectivity index (χ0v) is 20.1. The van der Waals surface area contributed by atoms with Gasteiger partial charge in [-0.1, -0.05) is 80.5 Å². The molecule has 0 bridgehead atoms. The number of fused-ring (bicyclic) bond motifs is 1. The van der Waals surface area contributed by atoms with E-state index in [2.05, 4.69) is 38.2 Å². The summed E-state index contributed by atoms with van der Waals surface area (Å²) in [6.07, 6.45) is 0. The molecule has 0 aliphatic rings. The van der Waals surface area contributed by atoms with Gasteiger partial charge in [0.2, 0.25) is 5.91 Å². The van der Waals surface area contributed by atoms with Crippen LogP contribution in [0.25, 0.3) is 16.8 Å². The summed E-state index contributed by atoms with van der Waals surface area (Å²) >= 11 is 7.46. The number of nitrogens with zero attached hydrogens (tertiary/aromatic N) is 3. The maximum Gasteiger partial charge on any atom is 0.234 e. The number of halogens is 1. The third-order valence-electron chi connectivity index (χ3n) is 5.02. The topological polar surface area (TPSA) is 59.3 Å². The number of benzene rings is 2. The van der Waals surface area contributed by atoms with Crippen molar-refractivity contribution < 1.29 is 4.79 Å². The number of amides is 1. The van der Waals surface area contributed by atoms with E-state index < -0.39 is 0 Å². The standard InChI is InChI=1S/C25H25ClN4OS/c1-16-23(17-9-6-5-7-10-17)24-28-20(25(2,3)4)14-22(30(24)29-16)32-15-21(31)27-19-12-8-11-18(26)13-19/h5-14H,15H2,1-4H3,(H,27,31). The second-order valence-corrected chi connectivity index (χ2v) is 10.1. The Morgan fingerprint density at radius 2 is 1.84 bits per heavy atom. The Morgan fingerprint density at radius 3 is 2.53 bits per heavy atom. The number of carbonyl (C=O) groups is 1. The fourth-order valence-electron chi connectivity index (χ4n) is 3.43. The molecule has 0 saturated carbocycles. The van der Waals surface area contributed by atoms with E-state index in [4.69, 9.17) is 21.7 Å². The highest BCUT2D eigenvalue weighted by atomic mass is 35.5.